The van der Waals surface area contributed by atoms with Crippen molar-refractivity contribution in [3.8, 4) is 10.6 Å². The second-order valence-corrected chi connectivity index (χ2v) is 6.76. The van der Waals surface area contributed by atoms with Crippen molar-refractivity contribution in [1.29, 1.82) is 0 Å². The number of benzene rings is 1. The molecule has 1 aliphatic heterocycles. The molecule has 0 atom stereocenters. The summed E-state index contributed by atoms with van der Waals surface area (Å²) in [6.07, 6.45) is 1.36. The zero-order chi connectivity index (χ0) is 15.7. The number of nitrogens with one attached hydrogen (secondary N) is 1. The molecule has 1 N–H and O–H groups in total. The van der Waals surface area contributed by atoms with Crippen LogP contribution in [0.3, 0.4) is 0 Å². The van der Waals surface area contributed by atoms with Crippen molar-refractivity contribution in [3.05, 3.63) is 41.4 Å². The van der Waals surface area contributed by atoms with Crippen molar-refractivity contribution < 1.29 is 13.2 Å². The predicted octanol–water partition coefficient (Wildman–Crippen LogP) is 1.42. The zero-order valence-electron chi connectivity index (χ0n) is 11.3. The standard InChI is InChI=1S/C13H10N4O3S2/c1-8(18)10-7-11(17-22(19,20)16-10)13-15-14-12(21-13)9-5-3-2-4-6-9/h2-7,17H,1H3. The van der Waals surface area contributed by atoms with Crippen molar-refractivity contribution in [1.82, 2.24) is 14.9 Å². The molecule has 7 nitrogen and oxygen atoms in total. The highest BCUT2D eigenvalue weighted by Crippen LogP contribution is 2.27. The molecule has 9 heteroatoms. The molecule has 0 radical (unpaired) electrons. The molecule has 0 saturated heterocycles. The molecule has 3 rings (SSSR count). The number of hydrogen-bond donors (Lipinski definition) is 1. The molecule has 0 amide bonds. The number of hydrogen-bond acceptors (Lipinski definition) is 6. The van der Waals surface area contributed by atoms with E-state index in [0.717, 1.165) is 5.56 Å². The highest BCUT2D eigenvalue weighted by molar-refractivity contribution is 7.88. The summed E-state index contributed by atoms with van der Waals surface area (Å²) in [7, 11) is -3.94. The average molecular weight is 334 g/mol. The van der Waals surface area contributed by atoms with Gasteiger partial charge in [-0.05, 0) is 6.08 Å². The summed E-state index contributed by atoms with van der Waals surface area (Å²) in [6.45, 7) is 1.25. The molecule has 0 spiro atoms. The SMILES string of the molecule is CC(=O)C1=NS(=O)(=O)NC(c2nnc(-c3ccccc3)s2)=C1. The van der Waals surface area contributed by atoms with Gasteiger partial charge in [-0.2, -0.15) is 8.42 Å². The number of carbonyl (C=O) groups is 1. The average Bonchev–Trinajstić information content (AvgIpc) is 2.96. The van der Waals surface area contributed by atoms with E-state index in [1.807, 2.05) is 30.3 Å². The molecule has 112 valence electrons. The molecule has 1 aromatic heterocycles. The third kappa shape index (κ3) is 2.95. The molecule has 0 unspecified atom stereocenters. The van der Waals surface area contributed by atoms with Gasteiger partial charge in [0.1, 0.15) is 10.7 Å². The van der Waals surface area contributed by atoms with Gasteiger partial charge in [0.15, 0.2) is 10.8 Å². The van der Waals surface area contributed by atoms with Crippen LogP contribution in [-0.4, -0.2) is 30.1 Å². The first-order valence-electron chi connectivity index (χ1n) is 6.19. The first-order chi connectivity index (χ1) is 10.4. The second-order valence-electron chi connectivity index (χ2n) is 4.45. The Labute approximate surface area is 130 Å². The predicted molar refractivity (Wildman–Crippen MR) is 83.5 cm³/mol. The van der Waals surface area contributed by atoms with Crippen LogP contribution in [0.15, 0.2) is 40.8 Å². The van der Waals surface area contributed by atoms with Crippen molar-refractivity contribution >= 4 is 38.7 Å². The number of ketones is 1. The second kappa shape index (κ2) is 5.43. The molecule has 2 aromatic rings. The quantitative estimate of drug-likeness (QED) is 0.915. The first-order valence-corrected chi connectivity index (χ1v) is 8.45. The van der Waals surface area contributed by atoms with Crippen LogP contribution in [0.1, 0.15) is 11.9 Å². The Morgan fingerprint density at radius 2 is 1.82 bits per heavy atom. The third-order valence-electron chi connectivity index (χ3n) is 2.78. The van der Waals surface area contributed by atoms with E-state index in [0.29, 0.717) is 10.0 Å². The van der Waals surface area contributed by atoms with Gasteiger partial charge in [0, 0.05) is 12.5 Å². The van der Waals surface area contributed by atoms with E-state index >= 15 is 0 Å². The number of carbonyl (C=O) groups excluding carboxylic acids is 1. The largest absolute Gasteiger partial charge is 0.343 e. The first kappa shape index (κ1) is 14.5. The van der Waals surface area contributed by atoms with Gasteiger partial charge in [-0.3, -0.25) is 9.52 Å². The smallest absolute Gasteiger partial charge is 0.293 e. The Balaban J connectivity index is 2.00. The van der Waals surface area contributed by atoms with Crippen LogP contribution in [0, 0.1) is 0 Å². The van der Waals surface area contributed by atoms with E-state index in [2.05, 4.69) is 19.3 Å². The Bertz CT molecular complexity index is 898. The molecule has 2 heterocycles. The summed E-state index contributed by atoms with van der Waals surface area (Å²) >= 11 is 1.22. The molecule has 1 aromatic carbocycles. The summed E-state index contributed by atoms with van der Waals surface area (Å²) in [5.74, 6) is -0.435. The van der Waals surface area contributed by atoms with E-state index in [-0.39, 0.29) is 11.4 Å². The summed E-state index contributed by atoms with van der Waals surface area (Å²) < 4.78 is 29.0. The summed E-state index contributed by atoms with van der Waals surface area (Å²) in [4.78, 5) is 11.4. The van der Waals surface area contributed by atoms with Gasteiger partial charge in [-0.15, -0.1) is 14.6 Å². The molecule has 0 aliphatic carbocycles. The van der Waals surface area contributed by atoms with Crippen LogP contribution in [-0.2, 0) is 15.0 Å². The van der Waals surface area contributed by atoms with Crippen molar-refractivity contribution in [2.75, 3.05) is 0 Å². The molecule has 1 aliphatic rings. The normalized spacial score (nSPS) is 16.4. The van der Waals surface area contributed by atoms with E-state index in [1.165, 1.54) is 24.3 Å². The maximum atomic E-state index is 11.7. The molecular weight excluding hydrogens is 324 g/mol. The van der Waals surface area contributed by atoms with E-state index in [9.17, 15) is 13.2 Å². The van der Waals surface area contributed by atoms with Gasteiger partial charge in [0.25, 0.3) is 0 Å². The fourth-order valence-electron chi connectivity index (χ4n) is 1.78. The van der Waals surface area contributed by atoms with Crippen molar-refractivity contribution in [3.63, 3.8) is 0 Å². The summed E-state index contributed by atoms with van der Waals surface area (Å²) in [5.41, 5.74) is 0.941. The lowest BCUT2D eigenvalue weighted by Crippen LogP contribution is -2.28. The number of aromatic nitrogens is 2. The maximum absolute atomic E-state index is 11.7. The lowest BCUT2D eigenvalue weighted by Gasteiger charge is -2.11. The van der Waals surface area contributed by atoms with Gasteiger partial charge < -0.3 is 0 Å². The van der Waals surface area contributed by atoms with E-state index in [4.69, 9.17) is 0 Å². The number of nitrogens with zero attached hydrogens (tertiary/aromatic N) is 3. The molecule has 0 fully saturated rings. The van der Waals surface area contributed by atoms with Crippen LogP contribution >= 0.6 is 11.3 Å². The summed E-state index contributed by atoms with van der Waals surface area (Å²) in [5, 5.41) is 9.06. The van der Waals surface area contributed by atoms with Gasteiger partial charge in [-0.1, -0.05) is 41.7 Å². The number of Topliss-reactive ketones (excluding diaryl/α,β-unsaturated/α-hetero) is 1. The van der Waals surface area contributed by atoms with Crippen molar-refractivity contribution in [2.45, 2.75) is 6.92 Å². The Morgan fingerprint density at radius 1 is 1.14 bits per heavy atom. The van der Waals surface area contributed by atoms with Gasteiger partial charge >= 0.3 is 10.2 Å². The molecular formula is C13H10N4O3S2. The van der Waals surface area contributed by atoms with Crippen molar-refractivity contribution in [2.24, 2.45) is 4.40 Å². The fourth-order valence-corrected chi connectivity index (χ4v) is 3.59. The monoisotopic (exact) mass is 334 g/mol. The van der Waals surface area contributed by atoms with Gasteiger partial charge in [-0.25, -0.2) is 0 Å². The minimum Gasteiger partial charge on any atom is -0.293 e. The number of rotatable bonds is 3. The number of allylic oxidation sites excluding steroid dienone is 1. The van der Waals surface area contributed by atoms with Gasteiger partial charge in [0.05, 0.1) is 5.70 Å². The Morgan fingerprint density at radius 3 is 2.50 bits per heavy atom. The minimum absolute atomic E-state index is 0.134. The molecule has 0 bridgehead atoms. The van der Waals surface area contributed by atoms with Crippen LogP contribution in [0.5, 0.6) is 0 Å². The van der Waals surface area contributed by atoms with E-state index in [1.54, 1.807) is 0 Å². The zero-order valence-corrected chi connectivity index (χ0v) is 13.0. The Hall–Kier alpha value is -2.39. The lowest BCUT2D eigenvalue weighted by molar-refractivity contribution is -0.111. The maximum Gasteiger partial charge on any atom is 0.343 e. The van der Waals surface area contributed by atoms with Crippen LogP contribution in [0.2, 0.25) is 0 Å². The van der Waals surface area contributed by atoms with E-state index < -0.39 is 16.0 Å². The molecule has 22 heavy (non-hydrogen) atoms. The van der Waals surface area contributed by atoms with Crippen LogP contribution in [0.25, 0.3) is 16.3 Å². The van der Waals surface area contributed by atoms with Gasteiger partial charge in [0.2, 0.25) is 0 Å². The highest BCUT2D eigenvalue weighted by Gasteiger charge is 2.23. The summed E-state index contributed by atoms with van der Waals surface area (Å²) in [6, 6.07) is 9.40. The van der Waals surface area contributed by atoms with Crippen LogP contribution in [0.4, 0.5) is 0 Å². The Kier molecular flexibility index (Phi) is 3.59. The topological polar surface area (TPSA) is 101 Å². The van der Waals surface area contributed by atoms with Crippen LogP contribution < -0.4 is 4.72 Å². The highest BCUT2D eigenvalue weighted by atomic mass is 32.2. The third-order valence-corrected chi connectivity index (χ3v) is 4.70. The minimum atomic E-state index is -3.94. The molecule has 0 saturated carbocycles. The lowest BCUT2D eigenvalue weighted by atomic mass is 10.2. The fraction of sp³-hybridized carbons (Fsp3) is 0.0769.